The van der Waals surface area contributed by atoms with Crippen molar-refractivity contribution in [1.29, 1.82) is 0 Å². The first kappa shape index (κ1) is 31.1. The number of halogens is 3. The molecule has 39 heavy (non-hydrogen) atoms. The summed E-state index contributed by atoms with van der Waals surface area (Å²) in [4.78, 5) is 63.7. The lowest BCUT2D eigenvalue weighted by atomic mass is 10.0. The minimum Gasteiger partial charge on any atom is -0.457 e. The van der Waals surface area contributed by atoms with E-state index in [-0.39, 0.29) is 18.6 Å². The highest BCUT2D eigenvalue weighted by molar-refractivity contribution is 8.76. The number of nitrogens with one attached hydrogen (secondary N) is 4. The monoisotopic (exact) mass is 596 g/mol. The zero-order valence-electron chi connectivity index (χ0n) is 20.9. The van der Waals surface area contributed by atoms with Gasteiger partial charge in [-0.15, -0.1) is 0 Å². The van der Waals surface area contributed by atoms with Gasteiger partial charge in [-0.1, -0.05) is 27.7 Å². The summed E-state index contributed by atoms with van der Waals surface area (Å²) < 4.78 is 42.7. The Morgan fingerprint density at radius 3 is 2.56 bits per heavy atom. The molecule has 2 aliphatic heterocycles. The molecule has 2 fully saturated rings. The molecule has 11 nitrogen and oxygen atoms in total. The van der Waals surface area contributed by atoms with Gasteiger partial charge in [0.15, 0.2) is 0 Å². The van der Waals surface area contributed by atoms with Gasteiger partial charge in [-0.3, -0.25) is 24.0 Å². The third kappa shape index (κ3) is 10.2. The molecule has 3 rings (SSSR count). The van der Waals surface area contributed by atoms with Gasteiger partial charge in [0.05, 0.1) is 24.5 Å². The maximum atomic E-state index is 13.2. The first-order chi connectivity index (χ1) is 18.4. The standard InChI is InChI=1S/C23H31F3N4O7S2/c24-23(25,26)12-27-17(32)5-4-14-20(35)29-15-11-39-38-8-2-1-3-13(9-18(33)28-14)37-19(34)10-16(31)22(6-7-22)30-21(15)36/h1,3,13-16,31H,2,4-12H2,(H,27,32)(H,28,33)(H,29,35)(H,30,36)/t13-,14-,15-,16?/m1/s1. The van der Waals surface area contributed by atoms with Crippen LogP contribution in [0, 0.1) is 0 Å². The fraction of sp³-hybridized carbons (Fsp3) is 0.696. The van der Waals surface area contributed by atoms with E-state index in [2.05, 4.69) is 16.0 Å². The van der Waals surface area contributed by atoms with Crippen molar-refractivity contribution in [3.8, 4) is 0 Å². The molecule has 1 unspecified atom stereocenters. The Morgan fingerprint density at radius 2 is 1.87 bits per heavy atom. The number of aliphatic hydroxyl groups excluding tert-OH is 1. The third-order valence-electron chi connectivity index (χ3n) is 6.30. The zero-order valence-corrected chi connectivity index (χ0v) is 22.5. The number of allylic oxidation sites excluding steroid dienone is 1. The van der Waals surface area contributed by atoms with Gasteiger partial charge >= 0.3 is 12.1 Å². The van der Waals surface area contributed by atoms with Gasteiger partial charge < -0.3 is 31.1 Å². The molecule has 1 saturated heterocycles. The van der Waals surface area contributed by atoms with E-state index in [0.29, 0.717) is 25.0 Å². The number of esters is 1. The molecule has 1 spiro atoms. The summed E-state index contributed by atoms with van der Waals surface area (Å²) in [5, 5.41) is 20.2. The summed E-state index contributed by atoms with van der Waals surface area (Å²) >= 11 is 0. The van der Waals surface area contributed by atoms with E-state index in [1.54, 1.807) is 11.4 Å². The van der Waals surface area contributed by atoms with E-state index in [1.165, 1.54) is 27.7 Å². The Labute approximate surface area is 230 Å². The van der Waals surface area contributed by atoms with Crippen molar-refractivity contribution < 1.29 is 47.0 Å². The van der Waals surface area contributed by atoms with Crippen molar-refractivity contribution >= 4 is 51.2 Å². The first-order valence-corrected chi connectivity index (χ1v) is 14.9. The van der Waals surface area contributed by atoms with Crippen LogP contribution in [0.3, 0.4) is 0 Å². The maximum absolute atomic E-state index is 13.2. The minimum absolute atomic E-state index is 0.134. The molecule has 2 heterocycles. The van der Waals surface area contributed by atoms with Gasteiger partial charge in [-0.25, -0.2) is 0 Å². The molecule has 1 aliphatic carbocycles. The quantitative estimate of drug-likeness (QED) is 0.176. The summed E-state index contributed by atoms with van der Waals surface area (Å²) in [6.45, 7) is -1.54. The van der Waals surface area contributed by atoms with Crippen molar-refractivity contribution in [2.75, 3.05) is 18.1 Å². The molecule has 0 radical (unpaired) electrons. The fourth-order valence-electron chi connectivity index (χ4n) is 3.99. The molecule has 2 bridgehead atoms. The Kier molecular flexibility index (Phi) is 11.0. The summed E-state index contributed by atoms with van der Waals surface area (Å²) in [5.41, 5.74) is -1.05. The van der Waals surface area contributed by atoms with E-state index in [9.17, 15) is 42.3 Å². The number of hydrogen-bond donors (Lipinski definition) is 5. The van der Waals surface area contributed by atoms with Crippen LogP contribution in [0.15, 0.2) is 12.2 Å². The molecular formula is C23H31F3N4O7S2. The van der Waals surface area contributed by atoms with Crippen LogP contribution in [0.25, 0.3) is 0 Å². The molecule has 4 amide bonds. The number of ether oxygens (including phenoxy) is 1. The van der Waals surface area contributed by atoms with Crippen molar-refractivity contribution in [1.82, 2.24) is 21.3 Å². The molecule has 218 valence electrons. The molecule has 5 N–H and O–H groups in total. The maximum Gasteiger partial charge on any atom is 0.405 e. The van der Waals surface area contributed by atoms with E-state index in [0.717, 1.165) is 0 Å². The van der Waals surface area contributed by atoms with Gasteiger partial charge in [0, 0.05) is 17.9 Å². The molecule has 16 heteroatoms. The SMILES string of the molecule is O=C(CC[C@H]1NC(=O)C[C@H]2C=CCCSSC[C@@H](NC1=O)C(=O)NC1(CC1)C(O)CC(=O)O2)NCC(F)(F)F. The third-order valence-corrected chi connectivity index (χ3v) is 8.74. The number of carbonyl (C=O) groups is 5. The van der Waals surface area contributed by atoms with Crippen LogP contribution in [0.2, 0.25) is 0 Å². The molecule has 4 atom stereocenters. The summed E-state index contributed by atoms with van der Waals surface area (Å²) in [7, 11) is 2.77. The van der Waals surface area contributed by atoms with Crippen molar-refractivity contribution in [2.24, 2.45) is 0 Å². The van der Waals surface area contributed by atoms with Gasteiger partial charge in [0.2, 0.25) is 23.6 Å². The lowest BCUT2D eigenvalue weighted by Gasteiger charge is -2.27. The molecule has 0 aromatic rings. The highest BCUT2D eigenvalue weighted by atomic mass is 33.1. The predicted molar refractivity (Wildman–Crippen MR) is 136 cm³/mol. The predicted octanol–water partition coefficient (Wildman–Crippen LogP) is 0.471. The number of hydrogen-bond acceptors (Lipinski definition) is 9. The number of alkyl halides is 3. The van der Waals surface area contributed by atoms with Crippen LogP contribution in [0.5, 0.6) is 0 Å². The number of carbonyl (C=O) groups excluding carboxylic acids is 5. The average Bonchev–Trinajstić information content (AvgIpc) is 3.62. The second-order valence-corrected chi connectivity index (χ2v) is 12.2. The topological polar surface area (TPSA) is 163 Å². The Bertz CT molecular complexity index is 978. The van der Waals surface area contributed by atoms with Gasteiger partial charge in [-0.05, 0) is 31.8 Å². The second-order valence-electron chi connectivity index (χ2n) is 9.53. The highest BCUT2D eigenvalue weighted by Gasteiger charge is 2.51. The minimum atomic E-state index is -4.61. The number of aliphatic hydroxyl groups is 1. The van der Waals surface area contributed by atoms with Crippen molar-refractivity contribution in [2.45, 2.75) is 81.0 Å². The number of fused-ring (bicyclic) bond motifs is 7. The lowest BCUT2D eigenvalue weighted by molar-refractivity contribution is -0.151. The van der Waals surface area contributed by atoms with Crippen molar-refractivity contribution in [3.63, 3.8) is 0 Å². The Balaban J connectivity index is 1.86. The smallest absolute Gasteiger partial charge is 0.405 e. The molecule has 0 aromatic heterocycles. The summed E-state index contributed by atoms with van der Waals surface area (Å²) in [5.74, 6) is -3.12. The normalized spacial score (nSPS) is 28.6. The molecule has 3 aliphatic rings. The number of amides is 4. The Morgan fingerprint density at radius 1 is 1.13 bits per heavy atom. The van der Waals surface area contributed by atoms with Crippen LogP contribution < -0.4 is 21.3 Å². The second kappa shape index (κ2) is 13.7. The molecule has 0 aromatic carbocycles. The van der Waals surface area contributed by atoms with Crippen LogP contribution >= 0.6 is 21.6 Å². The first-order valence-electron chi connectivity index (χ1n) is 12.4. The molecule has 1 saturated carbocycles. The van der Waals surface area contributed by atoms with Crippen molar-refractivity contribution in [3.05, 3.63) is 12.2 Å². The molecular weight excluding hydrogens is 565 g/mol. The van der Waals surface area contributed by atoms with Crippen LogP contribution in [0.4, 0.5) is 13.2 Å². The zero-order chi connectivity index (χ0) is 28.6. The van der Waals surface area contributed by atoms with E-state index in [1.807, 2.05) is 0 Å². The van der Waals surface area contributed by atoms with Gasteiger partial charge in [0.25, 0.3) is 0 Å². The van der Waals surface area contributed by atoms with Crippen LogP contribution in [0.1, 0.15) is 44.9 Å². The fourth-order valence-corrected chi connectivity index (χ4v) is 6.15. The van der Waals surface area contributed by atoms with Gasteiger partial charge in [-0.2, -0.15) is 13.2 Å². The highest BCUT2D eigenvalue weighted by Crippen LogP contribution is 2.40. The summed E-state index contributed by atoms with van der Waals surface area (Å²) in [6, 6.07) is -2.46. The lowest BCUT2D eigenvalue weighted by Crippen LogP contribution is -2.58. The van der Waals surface area contributed by atoms with E-state index in [4.69, 9.17) is 4.74 Å². The van der Waals surface area contributed by atoms with E-state index < -0.39 is 85.0 Å². The van der Waals surface area contributed by atoms with E-state index >= 15 is 0 Å². The largest absolute Gasteiger partial charge is 0.457 e. The number of rotatable bonds is 4. The average molecular weight is 597 g/mol. The van der Waals surface area contributed by atoms with Gasteiger partial charge in [0.1, 0.15) is 24.7 Å². The summed E-state index contributed by atoms with van der Waals surface area (Å²) in [6.07, 6.45) is -3.86. The Hall–Kier alpha value is -2.46. The van der Waals surface area contributed by atoms with Crippen LogP contribution in [-0.4, -0.2) is 88.8 Å². The van der Waals surface area contributed by atoms with Crippen LogP contribution in [-0.2, 0) is 28.7 Å².